The highest BCUT2D eigenvalue weighted by Gasteiger charge is 2.12. The van der Waals surface area contributed by atoms with Crippen molar-refractivity contribution in [2.45, 2.75) is 25.8 Å². The molecule has 0 saturated carbocycles. The molecule has 1 aliphatic rings. The van der Waals surface area contributed by atoms with Gasteiger partial charge in [-0.1, -0.05) is 18.2 Å². The zero-order chi connectivity index (χ0) is 20.5. The number of carbonyl (C=O) groups excluding carboxylic acids is 2. The Kier molecular flexibility index (Phi) is 7.38. The van der Waals surface area contributed by atoms with E-state index in [1.54, 1.807) is 12.3 Å². The molecule has 0 aliphatic carbocycles. The lowest BCUT2D eigenvalue weighted by molar-refractivity contribution is 0.0950. The van der Waals surface area contributed by atoms with Crippen molar-refractivity contribution in [2.24, 2.45) is 0 Å². The number of nitrogens with one attached hydrogen (secondary N) is 3. The van der Waals surface area contributed by atoms with E-state index in [0.717, 1.165) is 24.5 Å². The van der Waals surface area contributed by atoms with Gasteiger partial charge in [0, 0.05) is 38.9 Å². The smallest absolute Gasteiger partial charge is 0.315 e. The summed E-state index contributed by atoms with van der Waals surface area (Å²) in [7, 11) is 0. The van der Waals surface area contributed by atoms with Crippen molar-refractivity contribution in [1.82, 2.24) is 20.9 Å². The van der Waals surface area contributed by atoms with Gasteiger partial charge in [0.2, 0.25) is 0 Å². The first kappa shape index (κ1) is 20.6. The van der Waals surface area contributed by atoms with E-state index in [1.165, 1.54) is 37.5 Å². The summed E-state index contributed by atoms with van der Waals surface area (Å²) >= 11 is 0. The first-order valence-electron chi connectivity index (χ1n) is 9.88. The highest BCUT2D eigenvalue weighted by atomic mass is 19.1. The third kappa shape index (κ3) is 6.17. The van der Waals surface area contributed by atoms with Gasteiger partial charge in [-0.2, -0.15) is 0 Å². The predicted octanol–water partition coefficient (Wildman–Crippen LogP) is 2.44. The van der Waals surface area contributed by atoms with Gasteiger partial charge in [-0.05, 0) is 43.0 Å². The summed E-state index contributed by atoms with van der Waals surface area (Å²) in [4.78, 5) is 30.5. The Bertz CT molecular complexity index is 822. The summed E-state index contributed by atoms with van der Waals surface area (Å²) in [6.45, 7) is 2.88. The van der Waals surface area contributed by atoms with Crippen LogP contribution in [0.1, 0.15) is 35.2 Å². The summed E-state index contributed by atoms with van der Waals surface area (Å²) < 4.78 is 13.5. The van der Waals surface area contributed by atoms with Crippen LogP contribution in [-0.4, -0.2) is 43.1 Å². The molecule has 3 amide bonds. The molecule has 1 aromatic carbocycles. The zero-order valence-corrected chi connectivity index (χ0v) is 16.3. The average molecular weight is 399 g/mol. The van der Waals surface area contributed by atoms with Gasteiger partial charge in [0.1, 0.15) is 11.6 Å². The lowest BCUT2D eigenvalue weighted by Crippen LogP contribution is -2.40. The van der Waals surface area contributed by atoms with Gasteiger partial charge in [-0.25, -0.2) is 14.2 Å². The van der Waals surface area contributed by atoms with E-state index < -0.39 is 11.7 Å². The van der Waals surface area contributed by atoms with Crippen LogP contribution in [0.5, 0.6) is 0 Å². The standard InChI is InChI=1S/C21H26FN5O2/c22-18-7-3-2-6-17(18)20(28)23-10-11-24-21(29)26-15-16-8-9-19(25-14-16)27-12-4-1-5-13-27/h2-3,6-9,14H,1,4-5,10-13,15H2,(H,23,28)(H2,24,26,29). The maximum atomic E-state index is 13.5. The van der Waals surface area contributed by atoms with Crippen LogP contribution in [0.4, 0.5) is 15.0 Å². The molecule has 0 radical (unpaired) electrons. The monoisotopic (exact) mass is 399 g/mol. The molecule has 1 aromatic heterocycles. The summed E-state index contributed by atoms with van der Waals surface area (Å²) in [5.41, 5.74) is 0.895. The van der Waals surface area contributed by atoms with E-state index >= 15 is 0 Å². The molecule has 8 heteroatoms. The van der Waals surface area contributed by atoms with E-state index in [-0.39, 0.29) is 24.7 Å². The van der Waals surface area contributed by atoms with E-state index in [4.69, 9.17) is 0 Å². The second-order valence-electron chi connectivity index (χ2n) is 6.92. The van der Waals surface area contributed by atoms with Crippen molar-refractivity contribution in [3.05, 3.63) is 59.5 Å². The molecule has 2 heterocycles. The molecular weight excluding hydrogens is 373 g/mol. The van der Waals surface area contributed by atoms with Crippen LogP contribution < -0.4 is 20.9 Å². The van der Waals surface area contributed by atoms with Crippen molar-refractivity contribution >= 4 is 17.8 Å². The van der Waals surface area contributed by atoms with Crippen molar-refractivity contribution in [2.75, 3.05) is 31.1 Å². The summed E-state index contributed by atoms with van der Waals surface area (Å²) in [5, 5.41) is 7.97. The molecule has 0 atom stereocenters. The van der Waals surface area contributed by atoms with E-state index in [2.05, 4.69) is 25.8 Å². The molecule has 2 aromatic rings. The first-order valence-corrected chi connectivity index (χ1v) is 9.88. The van der Waals surface area contributed by atoms with Crippen LogP contribution in [-0.2, 0) is 6.54 Å². The minimum Gasteiger partial charge on any atom is -0.357 e. The Morgan fingerprint density at radius 1 is 0.966 bits per heavy atom. The van der Waals surface area contributed by atoms with Gasteiger partial charge in [-0.15, -0.1) is 0 Å². The number of nitrogens with zero attached hydrogens (tertiary/aromatic N) is 2. The number of hydrogen-bond acceptors (Lipinski definition) is 4. The largest absolute Gasteiger partial charge is 0.357 e. The van der Waals surface area contributed by atoms with Crippen molar-refractivity contribution in [3.63, 3.8) is 0 Å². The van der Waals surface area contributed by atoms with Gasteiger partial charge >= 0.3 is 6.03 Å². The molecule has 1 aliphatic heterocycles. The minimum absolute atomic E-state index is 0.0162. The van der Waals surface area contributed by atoms with Crippen LogP contribution in [0.2, 0.25) is 0 Å². The molecular formula is C21H26FN5O2. The Hall–Kier alpha value is -3.16. The lowest BCUT2D eigenvalue weighted by Gasteiger charge is -2.27. The van der Waals surface area contributed by atoms with Crippen LogP contribution >= 0.6 is 0 Å². The SMILES string of the molecule is O=C(NCCNC(=O)c1ccccc1F)NCc1ccc(N2CCCCC2)nc1. The fourth-order valence-corrected chi connectivity index (χ4v) is 3.17. The van der Waals surface area contributed by atoms with Crippen LogP contribution in [0, 0.1) is 5.82 Å². The van der Waals surface area contributed by atoms with Gasteiger partial charge in [-0.3, -0.25) is 4.79 Å². The Labute approximate surface area is 169 Å². The highest BCUT2D eigenvalue weighted by Crippen LogP contribution is 2.17. The number of aromatic nitrogens is 1. The number of urea groups is 1. The molecule has 29 heavy (non-hydrogen) atoms. The maximum absolute atomic E-state index is 13.5. The summed E-state index contributed by atoms with van der Waals surface area (Å²) in [6.07, 6.45) is 5.46. The van der Waals surface area contributed by atoms with Gasteiger partial charge in [0.15, 0.2) is 0 Å². The summed E-state index contributed by atoms with van der Waals surface area (Å²) in [5.74, 6) is -0.107. The Morgan fingerprint density at radius 3 is 2.45 bits per heavy atom. The predicted molar refractivity (Wildman–Crippen MR) is 109 cm³/mol. The van der Waals surface area contributed by atoms with Gasteiger partial charge in [0.25, 0.3) is 5.91 Å². The molecule has 3 rings (SSSR count). The fraction of sp³-hybridized carbons (Fsp3) is 0.381. The second-order valence-corrected chi connectivity index (χ2v) is 6.92. The number of piperidine rings is 1. The van der Waals surface area contributed by atoms with Crippen LogP contribution in [0.25, 0.3) is 0 Å². The third-order valence-electron chi connectivity index (χ3n) is 4.76. The van der Waals surface area contributed by atoms with Crippen molar-refractivity contribution in [3.8, 4) is 0 Å². The molecule has 154 valence electrons. The molecule has 1 saturated heterocycles. The average Bonchev–Trinajstić information content (AvgIpc) is 2.76. The number of carbonyl (C=O) groups is 2. The van der Waals surface area contributed by atoms with Gasteiger partial charge in [0.05, 0.1) is 5.56 Å². The molecule has 1 fully saturated rings. The molecule has 0 spiro atoms. The number of amides is 3. The zero-order valence-electron chi connectivity index (χ0n) is 16.3. The van der Waals surface area contributed by atoms with E-state index in [0.29, 0.717) is 6.54 Å². The van der Waals surface area contributed by atoms with Crippen LogP contribution in [0.15, 0.2) is 42.6 Å². The summed E-state index contributed by atoms with van der Waals surface area (Å²) in [6, 6.07) is 9.37. The molecule has 3 N–H and O–H groups in total. The van der Waals surface area contributed by atoms with E-state index in [9.17, 15) is 14.0 Å². The maximum Gasteiger partial charge on any atom is 0.315 e. The third-order valence-corrected chi connectivity index (χ3v) is 4.76. The number of rotatable bonds is 7. The molecule has 0 unspecified atom stereocenters. The normalized spacial score (nSPS) is 13.6. The minimum atomic E-state index is -0.574. The highest BCUT2D eigenvalue weighted by molar-refractivity contribution is 5.94. The topological polar surface area (TPSA) is 86.4 Å². The van der Waals surface area contributed by atoms with Crippen LogP contribution in [0.3, 0.4) is 0 Å². The Balaban J connectivity index is 1.33. The number of halogens is 1. The van der Waals surface area contributed by atoms with Gasteiger partial charge < -0.3 is 20.9 Å². The second kappa shape index (κ2) is 10.4. The van der Waals surface area contributed by atoms with Crippen molar-refractivity contribution in [1.29, 1.82) is 0 Å². The first-order chi connectivity index (χ1) is 14.1. The Morgan fingerprint density at radius 2 is 1.72 bits per heavy atom. The van der Waals surface area contributed by atoms with E-state index in [1.807, 2.05) is 12.1 Å². The number of pyridine rings is 1. The number of anilines is 1. The number of benzene rings is 1. The molecule has 0 bridgehead atoms. The molecule has 7 nitrogen and oxygen atoms in total. The quantitative estimate of drug-likeness (QED) is 0.624. The van der Waals surface area contributed by atoms with Crippen molar-refractivity contribution < 1.29 is 14.0 Å². The number of hydrogen-bond donors (Lipinski definition) is 3. The fourth-order valence-electron chi connectivity index (χ4n) is 3.17. The lowest BCUT2D eigenvalue weighted by atomic mass is 10.1.